The van der Waals surface area contributed by atoms with Gasteiger partial charge in [0.05, 0.1) is 18.2 Å². The molecule has 7 heteroatoms. The zero-order valence-corrected chi connectivity index (χ0v) is 19.2. The summed E-state index contributed by atoms with van der Waals surface area (Å²) in [6, 6.07) is 23.5. The molecule has 3 aromatic rings. The minimum absolute atomic E-state index is 0.0425. The molecule has 168 valence electrons. The van der Waals surface area contributed by atoms with Gasteiger partial charge in [-0.25, -0.2) is 0 Å². The van der Waals surface area contributed by atoms with E-state index in [0.717, 1.165) is 16.9 Å². The van der Waals surface area contributed by atoms with E-state index in [1.807, 2.05) is 79.4 Å². The monoisotopic (exact) mass is 459 g/mol. The molecule has 0 aromatic heterocycles. The topological polar surface area (TPSA) is 73.8 Å². The zero-order valence-electron chi connectivity index (χ0n) is 18.4. The second kappa shape index (κ2) is 9.75. The molecule has 1 amide bonds. The lowest BCUT2D eigenvalue weighted by Crippen LogP contribution is -2.48. The van der Waals surface area contributed by atoms with Gasteiger partial charge < -0.3 is 20.5 Å². The van der Waals surface area contributed by atoms with Gasteiger partial charge in [0, 0.05) is 17.1 Å². The van der Waals surface area contributed by atoms with Gasteiger partial charge in [-0.15, -0.1) is 0 Å². The highest BCUT2D eigenvalue weighted by Crippen LogP contribution is 2.37. The average Bonchev–Trinajstić information content (AvgIpc) is 2.81. The lowest BCUT2D eigenvalue weighted by Gasteiger charge is -2.38. The number of amides is 1. The molecule has 0 saturated carbocycles. The lowest BCUT2D eigenvalue weighted by molar-refractivity contribution is -0.113. The molecule has 0 aliphatic carbocycles. The number of ether oxygens (including phenoxy) is 1. The van der Waals surface area contributed by atoms with Crippen LogP contribution < -0.4 is 20.3 Å². The molecule has 1 atom stereocenters. The number of aromatic hydroxyl groups is 1. The van der Waals surface area contributed by atoms with Gasteiger partial charge >= 0.3 is 0 Å². The first kappa shape index (κ1) is 22.4. The van der Waals surface area contributed by atoms with E-state index >= 15 is 0 Å². The Labute approximate surface area is 198 Å². The number of nitrogens with one attached hydrogen (secondary N) is 2. The van der Waals surface area contributed by atoms with Crippen molar-refractivity contribution < 1.29 is 14.6 Å². The van der Waals surface area contributed by atoms with Crippen LogP contribution in [0.1, 0.15) is 25.5 Å². The summed E-state index contributed by atoms with van der Waals surface area (Å²) in [4.78, 5) is 15.4. The molecule has 3 N–H and O–H groups in total. The molecule has 0 bridgehead atoms. The number of para-hydroxylation sites is 2. The average molecular weight is 460 g/mol. The number of hydrogen-bond donors (Lipinski definition) is 3. The third-order valence-electron chi connectivity index (χ3n) is 5.39. The first-order valence-corrected chi connectivity index (χ1v) is 11.1. The molecule has 33 heavy (non-hydrogen) atoms. The van der Waals surface area contributed by atoms with E-state index in [1.165, 1.54) is 0 Å². The van der Waals surface area contributed by atoms with Gasteiger partial charge in [0.2, 0.25) is 0 Å². The Bertz CT molecular complexity index is 1200. The van der Waals surface area contributed by atoms with Gasteiger partial charge in [0.25, 0.3) is 5.91 Å². The second-order valence-corrected chi connectivity index (χ2v) is 7.92. The van der Waals surface area contributed by atoms with E-state index in [2.05, 4.69) is 10.6 Å². The largest absolute Gasteiger partial charge is 0.504 e. The number of phenolic OH excluding ortho intramolecular Hbond substituents is 1. The summed E-state index contributed by atoms with van der Waals surface area (Å²) >= 11 is 5.71. The van der Waals surface area contributed by atoms with Crippen molar-refractivity contribution in [1.29, 1.82) is 0 Å². The number of phenols is 1. The summed E-state index contributed by atoms with van der Waals surface area (Å²) in [5, 5.41) is 16.9. The SMILES string of the molecule is CCOc1cc(C2NC(=S)N(c3ccccc3)C(C)=C2C(=O)Nc2ccccc2)ccc1O. The maximum atomic E-state index is 13.6. The highest BCUT2D eigenvalue weighted by Gasteiger charge is 2.35. The minimum atomic E-state index is -0.527. The molecular formula is C26H25N3O3S. The van der Waals surface area contributed by atoms with Crippen LogP contribution >= 0.6 is 12.2 Å². The summed E-state index contributed by atoms with van der Waals surface area (Å²) in [6.45, 7) is 4.14. The predicted octanol–water partition coefficient (Wildman–Crippen LogP) is 5.14. The molecule has 0 saturated heterocycles. The fourth-order valence-electron chi connectivity index (χ4n) is 3.88. The van der Waals surface area contributed by atoms with E-state index in [4.69, 9.17) is 17.0 Å². The summed E-state index contributed by atoms with van der Waals surface area (Å²) < 4.78 is 5.57. The predicted molar refractivity (Wildman–Crippen MR) is 134 cm³/mol. The fraction of sp³-hybridized carbons (Fsp3) is 0.154. The number of anilines is 2. The van der Waals surface area contributed by atoms with Crippen LogP contribution in [-0.4, -0.2) is 22.7 Å². The lowest BCUT2D eigenvalue weighted by atomic mass is 9.93. The molecule has 0 spiro atoms. The van der Waals surface area contributed by atoms with Crippen molar-refractivity contribution in [3.63, 3.8) is 0 Å². The van der Waals surface area contributed by atoms with Gasteiger partial charge in [-0.3, -0.25) is 9.69 Å². The second-order valence-electron chi connectivity index (χ2n) is 7.53. The zero-order chi connectivity index (χ0) is 23.4. The molecule has 6 nitrogen and oxygen atoms in total. The third kappa shape index (κ3) is 4.68. The van der Waals surface area contributed by atoms with Crippen LogP contribution in [0.3, 0.4) is 0 Å². The van der Waals surface area contributed by atoms with Crippen LogP contribution in [0.15, 0.2) is 90.1 Å². The molecular weight excluding hydrogens is 434 g/mol. The van der Waals surface area contributed by atoms with Gasteiger partial charge in [-0.2, -0.15) is 0 Å². The van der Waals surface area contributed by atoms with Crippen LogP contribution in [0.5, 0.6) is 11.5 Å². The minimum Gasteiger partial charge on any atom is -0.504 e. The molecule has 1 unspecified atom stereocenters. The van der Waals surface area contributed by atoms with Crippen molar-refractivity contribution in [1.82, 2.24) is 5.32 Å². The van der Waals surface area contributed by atoms with Crippen LogP contribution in [0, 0.1) is 0 Å². The Kier molecular flexibility index (Phi) is 6.60. The van der Waals surface area contributed by atoms with E-state index in [-0.39, 0.29) is 11.7 Å². The summed E-state index contributed by atoms with van der Waals surface area (Å²) in [5.74, 6) is 0.153. The van der Waals surface area contributed by atoms with Crippen molar-refractivity contribution in [2.24, 2.45) is 0 Å². The third-order valence-corrected chi connectivity index (χ3v) is 5.69. The maximum absolute atomic E-state index is 13.6. The summed E-state index contributed by atoms with van der Waals surface area (Å²) in [6.07, 6.45) is 0. The Morgan fingerprint density at radius 3 is 2.42 bits per heavy atom. The summed E-state index contributed by atoms with van der Waals surface area (Å²) in [7, 11) is 0. The molecule has 1 aliphatic heterocycles. The van der Waals surface area contributed by atoms with E-state index in [9.17, 15) is 9.90 Å². The van der Waals surface area contributed by atoms with Crippen LogP contribution in [0.2, 0.25) is 0 Å². The molecule has 0 radical (unpaired) electrons. The van der Waals surface area contributed by atoms with Crippen LogP contribution in [-0.2, 0) is 4.79 Å². The van der Waals surface area contributed by atoms with Crippen molar-refractivity contribution in [3.8, 4) is 11.5 Å². The Morgan fingerprint density at radius 1 is 1.09 bits per heavy atom. The number of hydrogen-bond acceptors (Lipinski definition) is 4. The van der Waals surface area contributed by atoms with Gasteiger partial charge in [0.15, 0.2) is 16.6 Å². The van der Waals surface area contributed by atoms with Gasteiger partial charge in [0.1, 0.15) is 0 Å². The molecule has 1 aliphatic rings. The standard InChI is InChI=1S/C26H25N3O3S/c1-3-32-22-16-18(14-15-21(22)30)24-23(25(31)27-19-10-6-4-7-11-19)17(2)29(26(33)28-24)20-12-8-5-9-13-20/h4-16,24,30H,3H2,1-2H3,(H,27,31)(H,28,33). The van der Waals surface area contributed by atoms with E-state index in [1.54, 1.807) is 18.2 Å². The number of benzene rings is 3. The first-order chi connectivity index (χ1) is 16.0. The Balaban J connectivity index is 1.81. The Hall–Kier alpha value is -3.84. The first-order valence-electron chi connectivity index (χ1n) is 10.7. The fourth-order valence-corrected chi connectivity index (χ4v) is 4.24. The quantitative estimate of drug-likeness (QED) is 0.443. The number of rotatable bonds is 6. The highest BCUT2D eigenvalue weighted by molar-refractivity contribution is 7.80. The van der Waals surface area contributed by atoms with Gasteiger partial charge in [-0.05, 0) is 68.0 Å². The van der Waals surface area contributed by atoms with E-state index in [0.29, 0.717) is 28.7 Å². The normalized spacial score (nSPS) is 15.8. The number of nitrogens with zero attached hydrogens (tertiary/aromatic N) is 1. The van der Waals surface area contributed by atoms with Crippen LogP contribution in [0.25, 0.3) is 0 Å². The van der Waals surface area contributed by atoms with Crippen molar-refractivity contribution in [2.75, 3.05) is 16.8 Å². The number of thiocarbonyl (C=S) groups is 1. The number of carbonyl (C=O) groups excluding carboxylic acids is 1. The molecule has 3 aromatic carbocycles. The van der Waals surface area contributed by atoms with E-state index < -0.39 is 6.04 Å². The highest BCUT2D eigenvalue weighted by atomic mass is 32.1. The van der Waals surface area contributed by atoms with Crippen LogP contribution in [0.4, 0.5) is 11.4 Å². The van der Waals surface area contributed by atoms with Gasteiger partial charge in [-0.1, -0.05) is 42.5 Å². The van der Waals surface area contributed by atoms with Crippen molar-refractivity contribution >= 4 is 34.6 Å². The number of carbonyl (C=O) groups is 1. The molecule has 0 fully saturated rings. The smallest absolute Gasteiger partial charge is 0.255 e. The Morgan fingerprint density at radius 2 is 1.76 bits per heavy atom. The number of allylic oxidation sites excluding steroid dienone is 1. The molecule has 1 heterocycles. The summed E-state index contributed by atoms with van der Waals surface area (Å²) in [5.41, 5.74) is 3.54. The van der Waals surface area contributed by atoms with Crippen molar-refractivity contribution in [3.05, 3.63) is 95.7 Å². The van der Waals surface area contributed by atoms with Crippen molar-refractivity contribution in [2.45, 2.75) is 19.9 Å². The molecule has 4 rings (SSSR count). The maximum Gasteiger partial charge on any atom is 0.255 e.